The van der Waals surface area contributed by atoms with Gasteiger partial charge in [0.25, 0.3) is 5.91 Å². The second-order valence-electron chi connectivity index (χ2n) is 4.60. The number of ether oxygens (including phenoxy) is 1. The second kappa shape index (κ2) is 8.94. The van der Waals surface area contributed by atoms with E-state index in [0.29, 0.717) is 5.56 Å². The van der Waals surface area contributed by atoms with E-state index in [9.17, 15) is 13.6 Å². The van der Waals surface area contributed by atoms with Gasteiger partial charge >= 0.3 is 0 Å². The Morgan fingerprint density at radius 1 is 1.21 bits per heavy atom. The number of nitrogens with one attached hydrogen (secondary N) is 1. The first kappa shape index (κ1) is 17.8. The van der Waals surface area contributed by atoms with E-state index in [2.05, 4.69) is 17.2 Å². The van der Waals surface area contributed by atoms with E-state index in [1.165, 1.54) is 17.8 Å². The zero-order valence-electron chi connectivity index (χ0n) is 12.9. The third kappa shape index (κ3) is 5.00. The summed E-state index contributed by atoms with van der Waals surface area (Å²) in [4.78, 5) is 12.9. The predicted molar refractivity (Wildman–Crippen MR) is 90.2 cm³/mol. The Morgan fingerprint density at radius 3 is 2.75 bits per heavy atom. The highest BCUT2D eigenvalue weighted by Crippen LogP contribution is 2.19. The lowest BCUT2D eigenvalue weighted by molar-refractivity contribution is 0.0956. The molecule has 0 radical (unpaired) electrons. The van der Waals surface area contributed by atoms with E-state index in [1.807, 2.05) is 18.4 Å². The van der Waals surface area contributed by atoms with Crippen molar-refractivity contribution >= 4 is 17.7 Å². The minimum Gasteiger partial charge on any atom is -0.478 e. The molecule has 124 valence electrons. The normalized spacial score (nSPS) is 9.79. The number of hydrogen-bond acceptors (Lipinski definition) is 3. The molecule has 2 aromatic rings. The van der Waals surface area contributed by atoms with Gasteiger partial charge in [0.15, 0.2) is 11.6 Å². The minimum absolute atomic E-state index is 0.0557. The molecule has 1 N–H and O–H groups in total. The molecule has 0 fully saturated rings. The SMILES string of the molecule is CSc1ccccc1C(=O)NCC#CCOc1ccc(F)cc1F. The highest BCUT2D eigenvalue weighted by Gasteiger charge is 2.08. The molecule has 0 saturated carbocycles. The van der Waals surface area contributed by atoms with Gasteiger partial charge in [-0.15, -0.1) is 11.8 Å². The Labute approximate surface area is 143 Å². The standard InChI is InChI=1S/C18H15F2NO2S/c1-24-17-7-3-2-6-14(17)18(22)21-10-4-5-11-23-16-9-8-13(19)12-15(16)20/h2-3,6-9,12H,10-11H2,1H3,(H,21,22). The van der Waals surface area contributed by atoms with Gasteiger partial charge in [0.05, 0.1) is 12.1 Å². The summed E-state index contributed by atoms with van der Waals surface area (Å²) in [6.45, 7) is 0.0939. The highest BCUT2D eigenvalue weighted by atomic mass is 32.2. The van der Waals surface area contributed by atoms with E-state index in [4.69, 9.17) is 4.74 Å². The Kier molecular flexibility index (Phi) is 6.64. The molecule has 0 aliphatic heterocycles. The van der Waals surface area contributed by atoms with Gasteiger partial charge in [-0.2, -0.15) is 0 Å². The van der Waals surface area contributed by atoms with Crippen molar-refractivity contribution in [3.8, 4) is 17.6 Å². The molecular formula is C18H15F2NO2S. The van der Waals surface area contributed by atoms with Gasteiger partial charge in [-0.25, -0.2) is 8.78 Å². The fraction of sp³-hybridized carbons (Fsp3) is 0.167. The topological polar surface area (TPSA) is 38.3 Å². The van der Waals surface area contributed by atoms with Crippen molar-refractivity contribution in [2.24, 2.45) is 0 Å². The molecule has 0 heterocycles. The third-order valence-electron chi connectivity index (χ3n) is 3.01. The van der Waals surface area contributed by atoms with Gasteiger partial charge in [0, 0.05) is 11.0 Å². The van der Waals surface area contributed by atoms with Crippen molar-refractivity contribution < 1.29 is 18.3 Å². The molecule has 0 atom stereocenters. The molecule has 0 aliphatic rings. The van der Waals surface area contributed by atoms with Crippen LogP contribution >= 0.6 is 11.8 Å². The molecule has 0 spiro atoms. The maximum atomic E-state index is 13.3. The van der Waals surface area contributed by atoms with Crippen molar-refractivity contribution in [1.29, 1.82) is 0 Å². The average molecular weight is 347 g/mol. The lowest BCUT2D eigenvalue weighted by Gasteiger charge is -2.06. The van der Waals surface area contributed by atoms with Crippen LogP contribution in [0.2, 0.25) is 0 Å². The number of carbonyl (C=O) groups is 1. The summed E-state index contributed by atoms with van der Waals surface area (Å²) in [5.74, 6) is 3.65. The summed E-state index contributed by atoms with van der Waals surface area (Å²) in [7, 11) is 0. The molecule has 24 heavy (non-hydrogen) atoms. The smallest absolute Gasteiger partial charge is 0.253 e. The van der Waals surface area contributed by atoms with E-state index < -0.39 is 11.6 Å². The fourth-order valence-corrected chi connectivity index (χ4v) is 2.47. The number of amides is 1. The zero-order chi connectivity index (χ0) is 17.4. The Hall–Kier alpha value is -2.52. The third-order valence-corrected chi connectivity index (χ3v) is 3.80. The summed E-state index contributed by atoms with van der Waals surface area (Å²) in [5.41, 5.74) is 0.594. The molecule has 0 bridgehead atoms. The molecule has 0 unspecified atom stereocenters. The van der Waals surface area contributed by atoms with Gasteiger partial charge in [0.2, 0.25) is 0 Å². The molecule has 0 aliphatic carbocycles. The number of halogens is 2. The highest BCUT2D eigenvalue weighted by molar-refractivity contribution is 7.98. The molecule has 0 aromatic heterocycles. The van der Waals surface area contributed by atoms with Crippen LogP contribution in [0.15, 0.2) is 47.4 Å². The molecule has 2 aromatic carbocycles. The molecule has 0 saturated heterocycles. The lowest BCUT2D eigenvalue weighted by Crippen LogP contribution is -2.24. The van der Waals surface area contributed by atoms with Crippen LogP contribution in [0, 0.1) is 23.5 Å². The van der Waals surface area contributed by atoms with Gasteiger partial charge in [-0.3, -0.25) is 4.79 Å². The van der Waals surface area contributed by atoms with Gasteiger partial charge < -0.3 is 10.1 Å². The Balaban J connectivity index is 1.80. The summed E-state index contributed by atoms with van der Waals surface area (Å²) in [6, 6.07) is 10.3. The second-order valence-corrected chi connectivity index (χ2v) is 5.45. The first-order valence-corrected chi connectivity index (χ1v) is 8.29. The average Bonchev–Trinajstić information content (AvgIpc) is 2.59. The Morgan fingerprint density at radius 2 is 2.00 bits per heavy atom. The number of thioether (sulfide) groups is 1. The monoisotopic (exact) mass is 347 g/mol. The van der Waals surface area contributed by atoms with E-state index in [-0.39, 0.29) is 24.8 Å². The van der Waals surface area contributed by atoms with Crippen LogP contribution in [-0.2, 0) is 0 Å². The van der Waals surface area contributed by atoms with Gasteiger partial charge in [0.1, 0.15) is 12.4 Å². The molecular weight excluding hydrogens is 332 g/mol. The first-order valence-electron chi connectivity index (χ1n) is 7.06. The van der Waals surface area contributed by atoms with Gasteiger partial charge in [-0.1, -0.05) is 24.0 Å². The Bertz CT molecular complexity index is 784. The number of carbonyl (C=O) groups excluding carboxylic acids is 1. The first-order chi connectivity index (χ1) is 11.6. The van der Waals surface area contributed by atoms with Crippen molar-refractivity contribution in [3.05, 3.63) is 59.7 Å². The van der Waals surface area contributed by atoms with E-state index >= 15 is 0 Å². The summed E-state index contributed by atoms with van der Waals surface area (Å²) in [6.07, 6.45) is 1.90. The van der Waals surface area contributed by atoms with Crippen LogP contribution in [0.3, 0.4) is 0 Å². The number of hydrogen-bond donors (Lipinski definition) is 1. The number of benzene rings is 2. The molecule has 1 amide bonds. The van der Waals surface area contributed by atoms with Crippen LogP contribution in [-0.4, -0.2) is 25.3 Å². The van der Waals surface area contributed by atoms with Crippen molar-refractivity contribution in [3.63, 3.8) is 0 Å². The fourth-order valence-electron chi connectivity index (χ4n) is 1.87. The summed E-state index contributed by atoms with van der Waals surface area (Å²) >= 11 is 1.49. The van der Waals surface area contributed by atoms with Crippen LogP contribution in [0.1, 0.15) is 10.4 Å². The maximum absolute atomic E-state index is 13.3. The number of rotatable bonds is 5. The predicted octanol–water partition coefficient (Wildman–Crippen LogP) is 3.50. The largest absolute Gasteiger partial charge is 0.478 e. The van der Waals surface area contributed by atoms with E-state index in [1.54, 1.807) is 12.1 Å². The van der Waals surface area contributed by atoms with Crippen LogP contribution in [0.4, 0.5) is 8.78 Å². The van der Waals surface area contributed by atoms with E-state index in [0.717, 1.165) is 17.0 Å². The molecule has 6 heteroatoms. The lowest BCUT2D eigenvalue weighted by atomic mass is 10.2. The van der Waals surface area contributed by atoms with Crippen LogP contribution < -0.4 is 10.1 Å². The van der Waals surface area contributed by atoms with Gasteiger partial charge in [-0.05, 0) is 30.5 Å². The van der Waals surface area contributed by atoms with Crippen molar-refractivity contribution in [2.75, 3.05) is 19.4 Å². The zero-order valence-corrected chi connectivity index (χ0v) is 13.8. The molecule has 3 nitrogen and oxygen atoms in total. The molecule has 2 rings (SSSR count). The summed E-state index contributed by atoms with van der Waals surface area (Å²) in [5, 5.41) is 2.69. The van der Waals surface area contributed by atoms with Crippen molar-refractivity contribution in [1.82, 2.24) is 5.32 Å². The van der Waals surface area contributed by atoms with Crippen LogP contribution in [0.25, 0.3) is 0 Å². The minimum atomic E-state index is -0.779. The van der Waals surface area contributed by atoms with Crippen molar-refractivity contribution in [2.45, 2.75) is 4.90 Å². The maximum Gasteiger partial charge on any atom is 0.253 e. The quantitative estimate of drug-likeness (QED) is 0.665. The van der Waals surface area contributed by atoms with Crippen LogP contribution in [0.5, 0.6) is 5.75 Å². The summed E-state index contributed by atoms with van der Waals surface area (Å²) < 4.78 is 31.1.